The van der Waals surface area contributed by atoms with Crippen molar-refractivity contribution >= 4 is 17.6 Å². The second-order valence-electron chi connectivity index (χ2n) is 2.01. The first-order chi connectivity index (χ1) is 5.70. The van der Waals surface area contributed by atoms with Gasteiger partial charge in [0, 0.05) is 12.5 Å². The third-order valence-corrected chi connectivity index (χ3v) is 1.16. The van der Waals surface area contributed by atoms with E-state index in [4.69, 9.17) is 16.3 Å². The first kappa shape index (κ1) is 11.0. The molecule has 1 atom stereocenters. The van der Waals surface area contributed by atoms with Crippen molar-refractivity contribution in [2.45, 2.75) is 13.0 Å². The molecule has 0 N–H and O–H groups in total. The Morgan fingerprint density at radius 2 is 2.25 bits per heavy atom. The van der Waals surface area contributed by atoms with Crippen LogP contribution in [-0.4, -0.2) is 12.1 Å². The zero-order chi connectivity index (χ0) is 9.40. The fraction of sp³-hybridized carbons (Fsp3) is 0.222. The lowest BCUT2D eigenvalue weighted by Gasteiger charge is -2.06. The Morgan fingerprint density at radius 3 is 2.67 bits per heavy atom. The third-order valence-electron chi connectivity index (χ3n) is 1.02. The van der Waals surface area contributed by atoms with Crippen LogP contribution in [0.3, 0.4) is 0 Å². The van der Waals surface area contributed by atoms with Crippen LogP contribution in [0.2, 0.25) is 0 Å². The van der Waals surface area contributed by atoms with E-state index in [1.807, 2.05) is 0 Å². The third kappa shape index (κ3) is 5.74. The van der Waals surface area contributed by atoms with Crippen LogP contribution >= 0.6 is 11.6 Å². The lowest BCUT2D eigenvalue weighted by Crippen LogP contribution is -2.09. The molecule has 3 heteroatoms. The fourth-order valence-corrected chi connectivity index (χ4v) is 0.657. The molecule has 0 aliphatic heterocycles. The van der Waals surface area contributed by atoms with E-state index in [1.165, 1.54) is 18.5 Å². The maximum atomic E-state index is 10.5. The number of carbonyl (C=O) groups excluding carboxylic acids is 1. The van der Waals surface area contributed by atoms with Crippen molar-refractivity contribution in [3.63, 3.8) is 0 Å². The molecule has 0 amide bonds. The van der Waals surface area contributed by atoms with Gasteiger partial charge >= 0.3 is 5.97 Å². The molecule has 0 bridgehead atoms. The van der Waals surface area contributed by atoms with E-state index in [0.717, 1.165) is 0 Å². The second kappa shape index (κ2) is 6.68. The molecule has 0 radical (unpaired) electrons. The quantitative estimate of drug-likeness (QED) is 0.383. The Kier molecular flexibility index (Phi) is 6.11. The monoisotopic (exact) mass is 186 g/mol. The summed E-state index contributed by atoms with van der Waals surface area (Å²) in [6.45, 7) is 4.86. The Bertz CT molecular complexity index is 207. The minimum absolute atomic E-state index is 0.334. The summed E-state index contributed by atoms with van der Waals surface area (Å²) >= 11 is 5.27. The van der Waals surface area contributed by atoms with E-state index >= 15 is 0 Å². The van der Waals surface area contributed by atoms with E-state index in [0.29, 0.717) is 0 Å². The SMILES string of the molecule is C=CC(/C=C/C=C/Cl)OC(C)=O. The normalized spacial score (nSPS) is 13.5. The molecular weight excluding hydrogens is 176 g/mol. The van der Waals surface area contributed by atoms with Gasteiger partial charge in [0.15, 0.2) is 0 Å². The van der Waals surface area contributed by atoms with Gasteiger partial charge in [-0.25, -0.2) is 0 Å². The number of rotatable bonds is 4. The van der Waals surface area contributed by atoms with Gasteiger partial charge < -0.3 is 4.74 Å². The van der Waals surface area contributed by atoms with Gasteiger partial charge in [0.2, 0.25) is 0 Å². The molecule has 1 unspecified atom stereocenters. The number of hydrogen-bond acceptors (Lipinski definition) is 2. The molecule has 2 nitrogen and oxygen atoms in total. The minimum atomic E-state index is -0.379. The van der Waals surface area contributed by atoms with Gasteiger partial charge in [-0.1, -0.05) is 30.3 Å². The fourth-order valence-electron chi connectivity index (χ4n) is 0.573. The first-order valence-electron chi connectivity index (χ1n) is 3.44. The van der Waals surface area contributed by atoms with Crippen molar-refractivity contribution in [1.82, 2.24) is 0 Å². The highest BCUT2D eigenvalue weighted by Crippen LogP contribution is 1.96. The predicted molar refractivity (Wildman–Crippen MR) is 49.9 cm³/mol. The minimum Gasteiger partial charge on any atom is -0.454 e. The summed E-state index contributed by atoms with van der Waals surface area (Å²) in [4.78, 5) is 10.5. The molecule has 0 heterocycles. The van der Waals surface area contributed by atoms with Crippen LogP contribution in [-0.2, 0) is 9.53 Å². The number of carbonyl (C=O) groups is 1. The van der Waals surface area contributed by atoms with Crippen molar-refractivity contribution in [2.24, 2.45) is 0 Å². The average Bonchev–Trinajstić information content (AvgIpc) is 2.02. The topological polar surface area (TPSA) is 26.3 Å². The molecule has 0 aliphatic rings. The molecule has 0 saturated heterocycles. The molecule has 66 valence electrons. The van der Waals surface area contributed by atoms with Gasteiger partial charge in [0.1, 0.15) is 6.10 Å². The van der Waals surface area contributed by atoms with E-state index < -0.39 is 0 Å². The van der Waals surface area contributed by atoms with Gasteiger partial charge in [0.25, 0.3) is 0 Å². The summed E-state index contributed by atoms with van der Waals surface area (Å²) in [6.07, 6.45) is 6.13. The molecule has 0 aromatic heterocycles. The zero-order valence-corrected chi connectivity index (χ0v) is 7.62. The lowest BCUT2D eigenvalue weighted by atomic mass is 10.3. The van der Waals surface area contributed by atoms with Gasteiger partial charge in [0.05, 0.1) is 0 Å². The number of hydrogen-bond donors (Lipinski definition) is 0. The summed E-state index contributed by atoms with van der Waals surface area (Å²) in [5, 5.41) is 0. The first-order valence-corrected chi connectivity index (χ1v) is 3.87. The Balaban J connectivity index is 3.98. The van der Waals surface area contributed by atoms with Crippen LogP contribution in [0, 0.1) is 0 Å². The Labute approximate surface area is 77.2 Å². The zero-order valence-electron chi connectivity index (χ0n) is 6.87. The van der Waals surface area contributed by atoms with Crippen LogP contribution in [0.1, 0.15) is 6.92 Å². The summed E-state index contributed by atoms with van der Waals surface area (Å²) in [7, 11) is 0. The van der Waals surface area contributed by atoms with Crippen LogP contribution in [0.15, 0.2) is 36.4 Å². The van der Waals surface area contributed by atoms with Crippen molar-refractivity contribution in [1.29, 1.82) is 0 Å². The average molecular weight is 187 g/mol. The van der Waals surface area contributed by atoms with E-state index in [9.17, 15) is 4.79 Å². The van der Waals surface area contributed by atoms with E-state index in [1.54, 1.807) is 18.2 Å². The Morgan fingerprint density at radius 1 is 1.58 bits per heavy atom. The van der Waals surface area contributed by atoms with Crippen LogP contribution in [0.5, 0.6) is 0 Å². The molecule has 0 spiro atoms. The molecule has 0 aliphatic carbocycles. The molecule has 12 heavy (non-hydrogen) atoms. The van der Waals surface area contributed by atoms with Crippen molar-refractivity contribution in [2.75, 3.05) is 0 Å². The standard InChI is InChI=1S/C9H11ClO2/c1-3-9(12-8(2)11)6-4-5-7-10/h3-7,9H,1H2,2H3/b6-4+,7-5+. The van der Waals surface area contributed by atoms with E-state index in [2.05, 4.69) is 6.58 Å². The Hall–Kier alpha value is -1.02. The number of esters is 1. The predicted octanol–water partition coefficient (Wildman–Crippen LogP) is 2.41. The molecule has 0 fully saturated rings. The molecule has 0 aromatic carbocycles. The highest BCUT2D eigenvalue weighted by molar-refractivity contribution is 6.25. The van der Waals surface area contributed by atoms with Gasteiger partial charge in [-0.2, -0.15) is 0 Å². The number of halogens is 1. The van der Waals surface area contributed by atoms with Crippen LogP contribution in [0.25, 0.3) is 0 Å². The molecule has 0 aromatic rings. The maximum Gasteiger partial charge on any atom is 0.303 e. The summed E-state index contributed by atoms with van der Waals surface area (Å²) in [6, 6.07) is 0. The van der Waals surface area contributed by atoms with Crippen LogP contribution in [0.4, 0.5) is 0 Å². The van der Waals surface area contributed by atoms with Crippen molar-refractivity contribution in [3.8, 4) is 0 Å². The second-order valence-corrected chi connectivity index (χ2v) is 2.27. The smallest absolute Gasteiger partial charge is 0.303 e. The van der Waals surface area contributed by atoms with Gasteiger partial charge in [-0.3, -0.25) is 4.79 Å². The highest BCUT2D eigenvalue weighted by atomic mass is 35.5. The number of ether oxygens (including phenoxy) is 1. The molecule has 0 saturated carbocycles. The van der Waals surface area contributed by atoms with Crippen molar-refractivity contribution in [3.05, 3.63) is 36.4 Å². The summed E-state index contributed by atoms with van der Waals surface area (Å²) in [5.41, 5.74) is 1.37. The van der Waals surface area contributed by atoms with Gasteiger partial charge in [-0.05, 0) is 12.2 Å². The van der Waals surface area contributed by atoms with E-state index in [-0.39, 0.29) is 12.1 Å². The maximum absolute atomic E-state index is 10.5. The molecular formula is C9H11ClO2. The van der Waals surface area contributed by atoms with Gasteiger partial charge in [-0.15, -0.1) is 0 Å². The highest BCUT2D eigenvalue weighted by Gasteiger charge is 2.00. The van der Waals surface area contributed by atoms with Crippen molar-refractivity contribution < 1.29 is 9.53 Å². The summed E-state index contributed by atoms with van der Waals surface area (Å²) in [5.74, 6) is -0.334. The largest absolute Gasteiger partial charge is 0.454 e. The van der Waals surface area contributed by atoms with Crippen LogP contribution < -0.4 is 0 Å². The lowest BCUT2D eigenvalue weighted by molar-refractivity contribution is -0.142. The number of allylic oxidation sites excluding steroid dienone is 2. The molecule has 0 rings (SSSR count). The summed E-state index contributed by atoms with van der Waals surface area (Å²) < 4.78 is 4.83.